The molecule has 0 saturated heterocycles. The number of anilines is 1. The second-order valence-corrected chi connectivity index (χ2v) is 6.06. The molecule has 0 bridgehead atoms. The summed E-state index contributed by atoms with van der Waals surface area (Å²) in [6, 6.07) is 8.17. The van der Waals surface area contributed by atoms with Crippen LogP contribution in [0.3, 0.4) is 0 Å². The van der Waals surface area contributed by atoms with E-state index in [9.17, 15) is 26.4 Å². The minimum absolute atomic E-state index is 0.109. The normalized spacial score (nSPS) is 12.1. The van der Waals surface area contributed by atoms with E-state index in [0.717, 1.165) is 6.07 Å². The van der Waals surface area contributed by atoms with Crippen LogP contribution < -0.4 is 9.46 Å². The summed E-state index contributed by atoms with van der Waals surface area (Å²) in [7, 11) is -5.57. The summed E-state index contributed by atoms with van der Waals surface area (Å²) in [5.41, 5.74) is -5.74. The van der Waals surface area contributed by atoms with E-state index in [1.54, 1.807) is 0 Å². The highest BCUT2D eigenvalue weighted by Gasteiger charge is 2.46. The third-order valence-corrected chi connectivity index (χ3v) is 3.88. The summed E-state index contributed by atoms with van der Waals surface area (Å²) in [6.45, 7) is -0.641. The van der Waals surface area contributed by atoms with E-state index in [4.69, 9.17) is 9.84 Å². The molecule has 124 valence electrons. The molecule has 0 atom stereocenters. The van der Waals surface area contributed by atoms with Gasteiger partial charge < -0.3 is 9.84 Å². The van der Waals surface area contributed by atoms with E-state index >= 15 is 0 Å². The van der Waals surface area contributed by atoms with Crippen LogP contribution in [0.1, 0.15) is 0 Å². The molecule has 0 heterocycles. The van der Waals surface area contributed by atoms with Gasteiger partial charge in [-0.25, -0.2) is 4.79 Å². The van der Waals surface area contributed by atoms with Gasteiger partial charge in [0.05, 0.1) is 5.69 Å². The maximum absolute atomic E-state index is 12.5. The van der Waals surface area contributed by atoms with Crippen molar-refractivity contribution in [2.24, 2.45) is 0 Å². The fourth-order valence-electron chi connectivity index (χ4n) is 1.84. The van der Waals surface area contributed by atoms with Crippen molar-refractivity contribution < 1.29 is 36.2 Å². The Bertz CT molecular complexity index is 848. The fourth-order valence-corrected chi connectivity index (χ4v) is 2.42. The molecule has 2 aromatic carbocycles. The topological polar surface area (TPSA) is 92.7 Å². The maximum Gasteiger partial charge on any atom is 0.516 e. The SMILES string of the molecule is O=C(O)COc1cccc2c(NS(=O)(=O)C(F)(F)F)cccc12. The zero-order valence-corrected chi connectivity index (χ0v) is 12.1. The number of hydrogen-bond acceptors (Lipinski definition) is 4. The molecule has 0 spiro atoms. The van der Waals surface area contributed by atoms with E-state index in [2.05, 4.69) is 0 Å². The van der Waals surface area contributed by atoms with Crippen molar-refractivity contribution in [3.8, 4) is 5.75 Å². The van der Waals surface area contributed by atoms with Crippen LogP contribution in [-0.2, 0) is 14.8 Å². The smallest absolute Gasteiger partial charge is 0.481 e. The van der Waals surface area contributed by atoms with Gasteiger partial charge in [-0.3, -0.25) is 4.72 Å². The number of aliphatic carboxylic acids is 1. The van der Waals surface area contributed by atoms with Crippen LogP contribution in [-0.4, -0.2) is 31.6 Å². The zero-order valence-electron chi connectivity index (χ0n) is 11.3. The van der Waals surface area contributed by atoms with Gasteiger partial charge in [0, 0.05) is 10.8 Å². The molecule has 0 saturated carbocycles. The van der Waals surface area contributed by atoms with Gasteiger partial charge in [0.2, 0.25) is 0 Å². The van der Waals surface area contributed by atoms with Crippen LogP contribution >= 0.6 is 0 Å². The molecule has 0 amide bonds. The van der Waals surface area contributed by atoms with Crippen molar-refractivity contribution in [2.45, 2.75) is 5.51 Å². The van der Waals surface area contributed by atoms with Crippen molar-refractivity contribution in [3.05, 3.63) is 36.4 Å². The number of rotatable bonds is 5. The van der Waals surface area contributed by atoms with Crippen LogP contribution in [0.2, 0.25) is 0 Å². The van der Waals surface area contributed by atoms with E-state index in [1.807, 2.05) is 0 Å². The molecule has 2 N–H and O–H groups in total. The molecule has 0 aliphatic carbocycles. The molecule has 0 aliphatic rings. The van der Waals surface area contributed by atoms with Crippen molar-refractivity contribution in [3.63, 3.8) is 0 Å². The lowest BCUT2D eigenvalue weighted by Gasteiger charge is -2.14. The number of carboxylic acids is 1. The molecule has 10 heteroatoms. The molecule has 6 nitrogen and oxygen atoms in total. The Labute approximate surface area is 128 Å². The van der Waals surface area contributed by atoms with Gasteiger partial charge in [-0.1, -0.05) is 24.3 Å². The lowest BCUT2D eigenvalue weighted by Crippen LogP contribution is -2.29. The monoisotopic (exact) mass is 349 g/mol. The predicted molar refractivity (Wildman–Crippen MR) is 75.7 cm³/mol. The first-order valence-electron chi connectivity index (χ1n) is 6.07. The van der Waals surface area contributed by atoms with E-state index < -0.39 is 28.1 Å². The number of carboxylic acid groups (broad SMARTS) is 1. The first kappa shape index (κ1) is 16.9. The van der Waals surface area contributed by atoms with Gasteiger partial charge in [-0.2, -0.15) is 21.6 Å². The number of halogens is 3. The minimum Gasteiger partial charge on any atom is -0.481 e. The third-order valence-electron chi connectivity index (χ3n) is 2.78. The second kappa shape index (κ2) is 5.95. The number of nitrogens with one attached hydrogen (secondary N) is 1. The van der Waals surface area contributed by atoms with Crippen molar-refractivity contribution >= 4 is 32.5 Å². The summed E-state index contributed by atoms with van der Waals surface area (Å²) in [4.78, 5) is 10.5. The second-order valence-electron chi connectivity index (χ2n) is 4.39. The number of carbonyl (C=O) groups is 1. The number of fused-ring (bicyclic) bond motifs is 1. The highest BCUT2D eigenvalue weighted by molar-refractivity contribution is 7.93. The van der Waals surface area contributed by atoms with E-state index in [0.29, 0.717) is 0 Å². The minimum atomic E-state index is -5.57. The summed E-state index contributed by atoms with van der Waals surface area (Å²) < 4.78 is 66.3. The zero-order chi connectivity index (χ0) is 17.3. The summed E-state index contributed by atoms with van der Waals surface area (Å²) >= 11 is 0. The Balaban J connectivity index is 2.47. The lowest BCUT2D eigenvalue weighted by atomic mass is 10.1. The Morgan fingerprint density at radius 1 is 1.13 bits per heavy atom. The molecular formula is C13H10F3NO5S. The van der Waals surface area contributed by atoms with Crippen molar-refractivity contribution in [1.29, 1.82) is 0 Å². The van der Waals surface area contributed by atoms with Gasteiger partial charge in [0.1, 0.15) is 5.75 Å². The Hall–Kier alpha value is -2.49. The highest BCUT2D eigenvalue weighted by Crippen LogP contribution is 2.33. The summed E-state index contributed by atoms with van der Waals surface area (Å²) in [5.74, 6) is -1.12. The quantitative estimate of drug-likeness (QED) is 0.865. The van der Waals surface area contributed by atoms with Crippen LogP contribution in [0.15, 0.2) is 36.4 Å². The number of sulfonamides is 1. The molecule has 0 unspecified atom stereocenters. The molecule has 2 rings (SSSR count). The lowest BCUT2D eigenvalue weighted by molar-refractivity contribution is -0.139. The molecular weight excluding hydrogens is 339 g/mol. The average molecular weight is 349 g/mol. The average Bonchev–Trinajstić information content (AvgIpc) is 2.44. The largest absolute Gasteiger partial charge is 0.516 e. The van der Waals surface area contributed by atoms with Gasteiger partial charge in [-0.05, 0) is 12.1 Å². The maximum atomic E-state index is 12.5. The van der Waals surface area contributed by atoms with Crippen LogP contribution in [0, 0.1) is 0 Å². The highest BCUT2D eigenvalue weighted by atomic mass is 32.2. The van der Waals surface area contributed by atoms with Crippen molar-refractivity contribution in [2.75, 3.05) is 11.3 Å². The standard InChI is InChI=1S/C13H10F3NO5S/c14-13(15,16)23(20,21)17-10-5-1-4-9-8(10)3-2-6-11(9)22-7-12(18)19/h1-6,17H,7H2,(H,18,19). The van der Waals surface area contributed by atoms with Gasteiger partial charge in [0.15, 0.2) is 6.61 Å². The Morgan fingerprint density at radius 2 is 1.74 bits per heavy atom. The molecule has 0 aliphatic heterocycles. The number of alkyl halides is 3. The summed E-state index contributed by atoms with van der Waals surface area (Å²) in [6.07, 6.45) is 0. The predicted octanol–water partition coefficient (Wildman–Crippen LogP) is 2.56. The van der Waals surface area contributed by atoms with Gasteiger partial charge >= 0.3 is 21.5 Å². The van der Waals surface area contributed by atoms with Crippen molar-refractivity contribution in [1.82, 2.24) is 0 Å². The fraction of sp³-hybridized carbons (Fsp3) is 0.154. The van der Waals surface area contributed by atoms with Crippen LogP contribution in [0.5, 0.6) is 5.75 Å². The molecule has 0 aromatic heterocycles. The number of benzene rings is 2. The van der Waals surface area contributed by atoms with E-state index in [1.165, 1.54) is 35.1 Å². The molecule has 2 aromatic rings. The Morgan fingerprint density at radius 3 is 2.35 bits per heavy atom. The first-order valence-corrected chi connectivity index (χ1v) is 7.55. The molecule has 0 radical (unpaired) electrons. The first-order chi connectivity index (χ1) is 10.6. The number of ether oxygens (including phenoxy) is 1. The van der Waals surface area contributed by atoms with Crippen LogP contribution in [0.25, 0.3) is 10.8 Å². The summed E-state index contributed by atoms with van der Waals surface area (Å²) in [5, 5.41) is 9.02. The molecule has 23 heavy (non-hydrogen) atoms. The van der Waals surface area contributed by atoms with Gasteiger partial charge in [0.25, 0.3) is 0 Å². The van der Waals surface area contributed by atoms with Gasteiger partial charge in [-0.15, -0.1) is 0 Å². The Kier molecular flexibility index (Phi) is 4.37. The van der Waals surface area contributed by atoms with E-state index in [-0.39, 0.29) is 22.2 Å². The van der Waals surface area contributed by atoms with Crippen LogP contribution in [0.4, 0.5) is 18.9 Å². The third kappa shape index (κ3) is 3.65. The molecule has 0 fully saturated rings. The number of hydrogen-bond donors (Lipinski definition) is 2.